The highest BCUT2D eigenvalue weighted by atomic mass is 35.5. The average Bonchev–Trinajstić information content (AvgIpc) is 3.30. The van der Waals surface area contributed by atoms with E-state index in [0.29, 0.717) is 30.5 Å². The molecular weight excluding hydrogens is 464 g/mol. The Balaban J connectivity index is 1.70. The van der Waals surface area contributed by atoms with Crippen LogP contribution in [0, 0.1) is 0 Å². The number of nitrogens with one attached hydrogen (secondary N) is 2. The van der Waals surface area contributed by atoms with Crippen molar-refractivity contribution in [2.45, 2.75) is 20.1 Å². The van der Waals surface area contributed by atoms with Crippen LogP contribution in [0.25, 0.3) is 11.0 Å². The minimum Gasteiger partial charge on any atom is -0.489 e. The monoisotopic (exact) mass is 492 g/mol. The fraction of sp³-hybridized carbons (Fsp3) is 0.269. The van der Waals surface area contributed by atoms with Crippen molar-refractivity contribution in [3.8, 4) is 5.75 Å². The van der Waals surface area contributed by atoms with E-state index in [1.54, 1.807) is 12.4 Å². The molecule has 4 rings (SSSR count). The van der Waals surface area contributed by atoms with Crippen molar-refractivity contribution in [2.24, 2.45) is 0 Å². The fourth-order valence-corrected chi connectivity index (χ4v) is 4.08. The van der Waals surface area contributed by atoms with Gasteiger partial charge in [0.05, 0.1) is 5.39 Å². The molecule has 4 aromatic rings. The fourth-order valence-electron chi connectivity index (χ4n) is 3.90. The molecule has 0 fully saturated rings. The van der Waals surface area contributed by atoms with Crippen LogP contribution in [0.1, 0.15) is 18.1 Å². The molecule has 0 aliphatic rings. The summed E-state index contributed by atoms with van der Waals surface area (Å²) in [5.41, 5.74) is 3.93. The number of H-pyrrole nitrogens is 1. The summed E-state index contributed by atoms with van der Waals surface area (Å²) < 4.78 is 6.10. The minimum atomic E-state index is -0.0728. The summed E-state index contributed by atoms with van der Waals surface area (Å²) in [6.07, 6.45) is 3.39. The second-order valence-electron chi connectivity index (χ2n) is 8.51. The van der Waals surface area contributed by atoms with Gasteiger partial charge in [0.25, 0.3) is 0 Å². The number of benzene rings is 2. The molecule has 182 valence electrons. The van der Waals surface area contributed by atoms with E-state index in [4.69, 9.17) is 16.3 Å². The summed E-state index contributed by atoms with van der Waals surface area (Å²) in [4.78, 5) is 27.8. The number of ether oxygens (including phenoxy) is 1. The van der Waals surface area contributed by atoms with E-state index in [-0.39, 0.29) is 5.91 Å². The third-order valence-electron chi connectivity index (χ3n) is 5.48. The van der Waals surface area contributed by atoms with E-state index >= 15 is 0 Å². The Hall–Kier alpha value is -3.62. The summed E-state index contributed by atoms with van der Waals surface area (Å²) in [6.45, 7) is 3.69. The summed E-state index contributed by atoms with van der Waals surface area (Å²) in [5, 5.41) is 4.43. The van der Waals surface area contributed by atoms with Gasteiger partial charge in [-0.25, -0.2) is 9.97 Å². The standard InChI is InChI=1S/C26H29ClN6O2/c1-18(34)28-11-12-33(26-24-9-10-29-25(24)30-17-31-26)22-8-7-19(15-32(2)3)20(13-22)16-35-23-6-4-5-21(27)14-23/h4-10,13-14,17H,11-12,15-16H2,1-3H3,(H,28,34)(H,29,30,31). The number of carbonyl (C=O) groups excluding carboxylic acids is 1. The second kappa shape index (κ2) is 11.2. The van der Waals surface area contributed by atoms with E-state index in [2.05, 4.69) is 48.3 Å². The molecule has 0 unspecified atom stereocenters. The lowest BCUT2D eigenvalue weighted by Crippen LogP contribution is -2.32. The van der Waals surface area contributed by atoms with Gasteiger partial charge in [0, 0.05) is 43.5 Å². The lowest BCUT2D eigenvalue weighted by molar-refractivity contribution is -0.118. The smallest absolute Gasteiger partial charge is 0.216 e. The maximum absolute atomic E-state index is 11.5. The van der Waals surface area contributed by atoms with Crippen LogP contribution in [-0.4, -0.2) is 52.9 Å². The molecule has 8 nitrogen and oxygen atoms in total. The van der Waals surface area contributed by atoms with Crippen molar-refractivity contribution >= 4 is 40.0 Å². The van der Waals surface area contributed by atoms with Crippen LogP contribution in [0.5, 0.6) is 5.75 Å². The van der Waals surface area contributed by atoms with Gasteiger partial charge in [-0.3, -0.25) is 4.79 Å². The number of aromatic nitrogens is 3. The van der Waals surface area contributed by atoms with Crippen LogP contribution in [-0.2, 0) is 17.9 Å². The Morgan fingerprint density at radius 1 is 1.11 bits per heavy atom. The van der Waals surface area contributed by atoms with Crippen LogP contribution in [0.15, 0.2) is 61.1 Å². The Morgan fingerprint density at radius 2 is 1.97 bits per heavy atom. The number of fused-ring (bicyclic) bond motifs is 1. The van der Waals surface area contributed by atoms with E-state index in [1.165, 1.54) is 6.92 Å². The predicted octanol–water partition coefficient (Wildman–Crippen LogP) is 4.53. The molecule has 35 heavy (non-hydrogen) atoms. The summed E-state index contributed by atoms with van der Waals surface area (Å²) in [6, 6.07) is 15.7. The lowest BCUT2D eigenvalue weighted by Gasteiger charge is -2.26. The second-order valence-corrected chi connectivity index (χ2v) is 8.95. The average molecular weight is 493 g/mol. The number of amides is 1. The first-order valence-corrected chi connectivity index (χ1v) is 11.7. The highest BCUT2D eigenvalue weighted by Crippen LogP contribution is 2.31. The van der Waals surface area contributed by atoms with Crippen molar-refractivity contribution in [2.75, 3.05) is 32.1 Å². The maximum Gasteiger partial charge on any atom is 0.216 e. The molecule has 2 heterocycles. The number of carbonyl (C=O) groups is 1. The van der Waals surface area contributed by atoms with Crippen LogP contribution in [0.3, 0.4) is 0 Å². The highest BCUT2D eigenvalue weighted by Gasteiger charge is 2.17. The van der Waals surface area contributed by atoms with Gasteiger partial charge in [-0.05, 0) is 61.6 Å². The zero-order chi connectivity index (χ0) is 24.8. The third-order valence-corrected chi connectivity index (χ3v) is 5.71. The zero-order valence-electron chi connectivity index (χ0n) is 20.1. The summed E-state index contributed by atoms with van der Waals surface area (Å²) in [5.74, 6) is 1.41. The van der Waals surface area contributed by atoms with Crippen LogP contribution >= 0.6 is 11.6 Å². The van der Waals surface area contributed by atoms with Gasteiger partial charge in [-0.2, -0.15) is 0 Å². The van der Waals surface area contributed by atoms with Crippen molar-refractivity contribution < 1.29 is 9.53 Å². The zero-order valence-corrected chi connectivity index (χ0v) is 20.8. The molecule has 9 heteroatoms. The maximum atomic E-state index is 11.5. The minimum absolute atomic E-state index is 0.0728. The number of anilines is 2. The van der Waals surface area contributed by atoms with Gasteiger partial charge in [-0.15, -0.1) is 0 Å². The number of halogens is 1. The van der Waals surface area contributed by atoms with E-state index in [1.807, 2.05) is 44.6 Å². The molecule has 0 saturated heterocycles. The Kier molecular flexibility index (Phi) is 7.84. The van der Waals surface area contributed by atoms with Crippen molar-refractivity contribution in [1.29, 1.82) is 0 Å². The third kappa shape index (κ3) is 6.29. The Morgan fingerprint density at radius 3 is 2.74 bits per heavy atom. The van der Waals surface area contributed by atoms with Crippen LogP contribution in [0.2, 0.25) is 5.02 Å². The quantitative estimate of drug-likeness (QED) is 0.338. The largest absolute Gasteiger partial charge is 0.489 e. The first kappa shape index (κ1) is 24.5. The predicted molar refractivity (Wildman–Crippen MR) is 139 cm³/mol. The van der Waals surface area contributed by atoms with E-state index in [0.717, 1.165) is 40.2 Å². The van der Waals surface area contributed by atoms with Crippen molar-refractivity contribution in [1.82, 2.24) is 25.2 Å². The van der Waals surface area contributed by atoms with Crippen LogP contribution < -0.4 is 15.0 Å². The van der Waals surface area contributed by atoms with Gasteiger partial charge in [0.1, 0.15) is 30.1 Å². The highest BCUT2D eigenvalue weighted by molar-refractivity contribution is 6.30. The van der Waals surface area contributed by atoms with Gasteiger partial charge < -0.3 is 24.8 Å². The molecule has 0 atom stereocenters. The molecule has 0 spiro atoms. The van der Waals surface area contributed by atoms with Gasteiger partial charge in [-0.1, -0.05) is 23.7 Å². The number of hydrogen-bond acceptors (Lipinski definition) is 6. The lowest BCUT2D eigenvalue weighted by atomic mass is 10.1. The Bertz CT molecular complexity index is 1310. The molecule has 1 amide bonds. The van der Waals surface area contributed by atoms with Gasteiger partial charge in [0.15, 0.2) is 0 Å². The number of nitrogens with zero attached hydrogens (tertiary/aromatic N) is 4. The number of hydrogen-bond donors (Lipinski definition) is 2. The van der Waals surface area contributed by atoms with Crippen molar-refractivity contribution in [3.63, 3.8) is 0 Å². The Labute approximate surface area is 209 Å². The normalized spacial score (nSPS) is 11.1. The van der Waals surface area contributed by atoms with E-state index < -0.39 is 0 Å². The number of rotatable bonds is 10. The van der Waals surface area contributed by atoms with E-state index in [9.17, 15) is 4.79 Å². The molecule has 0 bridgehead atoms. The molecule has 0 aliphatic carbocycles. The molecule has 2 aromatic carbocycles. The SMILES string of the molecule is CC(=O)NCCN(c1ccc(CN(C)C)c(COc2cccc(Cl)c2)c1)c1ncnc2[nH]ccc12. The van der Waals surface area contributed by atoms with Gasteiger partial charge >= 0.3 is 0 Å². The molecule has 0 aliphatic heterocycles. The molecular formula is C26H29ClN6O2. The summed E-state index contributed by atoms with van der Waals surface area (Å²) >= 11 is 6.13. The molecule has 0 saturated carbocycles. The molecule has 2 aromatic heterocycles. The summed E-state index contributed by atoms with van der Waals surface area (Å²) in [7, 11) is 4.08. The van der Waals surface area contributed by atoms with Crippen molar-refractivity contribution in [3.05, 3.63) is 77.2 Å². The topological polar surface area (TPSA) is 86.4 Å². The van der Waals surface area contributed by atoms with Gasteiger partial charge in [0.2, 0.25) is 5.91 Å². The first-order valence-electron chi connectivity index (χ1n) is 11.4. The molecule has 2 N–H and O–H groups in total. The number of aromatic amines is 1. The molecule has 0 radical (unpaired) electrons. The van der Waals surface area contributed by atoms with Crippen LogP contribution in [0.4, 0.5) is 11.5 Å². The first-order chi connectivity index (χ1) is 16.9.